The largest absolute Gasteiger partial charge is 0.490 e. The van der Waals surface area contributed by atoms with Crippen LogP contribution in [0, 0.1) is 0 Å². The van der Waals surface area contributed by atoms with Gasteiger partial charge in [0.1, 0.15) is 0 Å². The fourth-order valence-electron chi connectivity index (χ4n) is 3.19. The van der Waals surface area contributed by atoms with E-state index in [1.807, 2.05) is 25.7 Å². The molecule has 0 saturated carbocycles. The lowest BCUT2D eigenvalue weighted by molar-refractivity contribution is 0.0622. The van der Waals surface area contributed by atoms with Crippen LogP contribution in [0.4, 0.5) is 0 Å². The summed E-state index contributed by atoms with van der Waals surface area (Å²) in [5.74, 6) is 1.61. The van der Waals surface area contributed by atoms with Crippen LogP contribution in [-0.2, 0) is 0 Å². The molecule has 0 aliphatic carbocycles. The van der Waals surface area contributed by atoms with E-state index in [0.717, 1.165) is 25.8 Å². The average Bonchev–Trinajstić information content (AvgIpc) is 2.63. The van der Waals surface area contributed by atoms with Crippen molar-refractivity contribution in [3.63, 3.8) is 0 Å². The highest BCUT2D eigenvalue weighted by atomic mass is 35.5. The van der Waals surface area contributed by atoms with E-state index in [9.17, 15) is 4.79 Å². The number of hydrogen-bond acceptors (Lipinski definition) is 5. The fraction of sp³-hybridized carbons (Fsp3) is 0.632. The third kappa shape index (κ3) is 5.17. The first kappa shape index (κ1) is 22.4. The molecule has 1 saturated heterocycles. The van der Waals surface area contributed by atoms with Crippen LogP contribution in [0.5, 0.6) is 17.2 Å². The molecule has 0 spiro atoms. The van der Waals surface area contributed by atoms with Gasteiger partial charge in [-0.2, -0.15) is 0 Å². The van der Waals surface area contributed by atoms with Gasteiger partial charge in [-0.25, -0.2) is 0 Å². The summed E-state index contributed by atoms with van der Waals surface area (Å²) in [6.07, 6.45) is 3.08. The second-order valence-corrected chi connectivity index (χ2v) is 5.98. The lowest BCUT2D eigenvalue weighted by atomic mass is 10.0. The Balaban J connectivity index is 0.00000338. The summed E-state index contributed by atoms with van der Waals surface area (Å²) < 4.78 is 17.1. The summed E-state index contributed by atoms with van der Waals surface area (Å²) >= 11 is 0. The molecule has 1 unspecified atom stereocenters. The van der Waals surface area contributed by atoms with Gasteiger partial charge in [-0.1, -0.05) is 0 Å². The number of likely N-dealkylation sites (tertiary alicyclic amines) is 1. The molecule has 1 atom stereocenters. The quantitative estimate of drug-likeness (QED) is 0.742. The fourth-order valence-corrected chi connectivity index (χ4v) is 3.19. The lowest BCUT2D eigenvalue weighted by Crippen LogP contribution is -2.47. The summed E-state index contributed by atoms with van der Waals surface area (Å²) in [5.41, 5.74) is 6.42. The Bertz CT molecular complexity index is 556. The van der Waals surface area contributed by atoms with E-state index in [2.05, 4.69) is 0 Å². The summed E-state index contributed by atoms with van der Waals surface area (Å²) in [6.45, 7) is 8.40. The van der Waals surface area contributed by atoms with Crippen LogP contribution in [0.2, 0.25) is 0 Å². The van der Waals surface area contributed by atoms with Crippen LogP contribution in [-0.4, -0.2) is 49.8 Å². The second kappa shape index (κ2) is 11.1. The molecule has 0 aromatic heterocycles. The number of nitrogens with two attached hydrogens (primary N) is 1. The first-order valence-corrected chi connectivity index (χ1v) is 9.23. The van der Waals surface area contributed by atoms with E-state index in [4.69, 9.17) is 19.9 Å². The van der Waals surface area contributed by atoms with Crippen molar-refractivity contribution < 1.29 is 19.0 Å². The minimum Gasteiger partial charge on any atom is -0.490 e. The van der Waals surface area contributed by atoms with Crippen LogP contribution in [0.1, 0.15) is 50.4 Å². The number of rotatable bonds is 8. The molecule has 7 heteroatoms. The highest BCUT2D eigenvalue weighted by Gasteiger charge is 2.28. The van der Waals surface area contributed by atoms with Crippen LogP contribution in [0.25, 0.3) is 0 Å². The Kier molecular flexibility index (Phi) is 9.59. The lowest BCUT2D eigenvalue weighted by Gasteiger charge is -2.35. The number of carbonyl (C=O) groups is 1. The van der Waals surface area contributed by atoms with Gasteiger partial charge in [0.2, 0.25) is 5.75 Å². The minimum absolute atomic E-state index is 0. The molecule has 1 aromatic rings. The van der Waals surface area contributed by atoms with E-state index < -0.39 is 0 Å². The van der Waals surface area contributed by atoms with Crippen molar-refractivity contribution in [2.24, 2.45) is 5.73 Å². The van der Waals surface area contributed by atoms with Crippen molar-refractivity contribution in [3.8, 4) is 17.2 Å². The maximum atomic E-state index is 13.1. The number of benzene rings is 1. The summed E-state index contributed by atoms with van der Waals surface area (Å²) in [6, 6.07) is 3.60. The van der Waals surface area contributed by atoms with Gasteiger partial charge in [-0.05, 0) is 52.2 Å². The van der Waals surface area contributed by atoms with Gasteiger partial charge in [-0.15, -0.1) is 12.4 Å². The minimum atomic E-state index is -0.0277. The monoisotopic (exact) mass is 386 g/mol. The molecular weight excluding hydrogens is 356 g/mol. The number of ether oxygens (including phenoxy) is 3. The van der Waals surface area contributed by atoms with Gasteiger partial charge in [-0.3, -0.25) is 4.79 Å². The van der Waals surface area contributed by atoms with Crippen molar-refractivity contribution >= 4 is 18.3 Å². The first-order chi connectivity index (χ1) is 12.2. The van der Waals surface area contributed by atoms with E-state index in [1.54, 1.807) is 12.1 Å². The molecule has 1 aliphatic heterocycles. The molecule has 1 aromatic carbocycles. The second-order valence-electron chi connectivity index (χ2n) is 5.98. The molecule has 0 bridgehead atoms. The highest BCUT2D eigenvalue weighted by molar-refractivity contribution is 5.96. The Labute approximate surface area is 162 Å². The van der Waals surface area contributed by atoms with E-state index in [-0.39, 0.29) is 24.4 Å². The predicted octanol–water partition coefficient (Wildman–Crippen LogP) is 3.26. The Hall–Kier alpha value is -1.66. The zero-order valence-corrected chi connectivity index (χ0v) is 16.8. The maximum Gasteiger partial charge on any atom is 0.254 e. The summed E-state index contributed by atoms with van der Waals surface area (Å²) in [5, 5.41) is 0. The van der Waals surface area contributed by atoms with Crippen LogP contribution >= 0.6 is 12.4 Å². The molecular formula is C19H31ClN2O4. The number of halogens is 1. The molecule has 6 nitrogen and oxygen atoms in total. The number of nitrogens with zero attached hydrogens (tertiary/aromatic N) is 1. The normalized spacial score (nSPS) is 16.6. The van der Waals surface area contributed by atoms with Crippen LogP contribution in [0.15, 0.2) is 12.1 Å². The zero-order valence-electron chi connectivity index (χ0n) is 16.0. The van der Waals surface area contributed by atoms with Gasteiger partial charge in [0.25, 0.3) is 5.91 Å². The van der Waals surface area contributed by atoms with Crippen LogP contribution < -0.4 is 19.9 Å². The standard InChI is InChI=1S/C19H30N2O4.ClH/c1-4-23-16-11-14(12-17(24-5-2)18(16)25-6-3)19(22)21-10-8-7-9-15(21)13-20;/h11-12,15H,4-10,13,20H2,1-3H3;1H. The van der Waals surface area contributed by atoms with Crippen molar-refractivity contribution in [2.75, 3.05) is 32.9 Å². The van der Waals surface area contributed by atoms with Gasteiger partial charge in [0, 0.05) is 24.7 Å². The first-order valence-electron chi connectivity index (χ1n) is 9.23. The maximum absolute atomic E-state index is 13.1. The SMILES string of the molecule is CCOc1cc(C(=O)N2CCCCC2CN)cc(OCC)c1OCC.Cl. The number of piperidine rings is 1. The zero-order chi connectivity index (χ0) is 18.2. The summed E-state index contributed by atoms with van der Waals surface area (Å²) in [7, 11) is 0. The van der Waals surface area contributed by atoms with Gasteiger partial charge < -0.3 is 24.8 Å². The van der Waals surface area contributed by atoms with Crippen molar-refractivity contribution in [1.29, 1.82) is 0 Å². The van der Waals surface area contributed by atoms with Gasteiger partial charge in [0.15, 0.2) is 11.5 Å². The van der Waals surface area contributed by atoms with Crippen molar-refractivity contribution in [3.05, 3.63) is 17.7 Å². The highest BCUT2D eigenvalue weighted by Crippen LogP contribution is 2.39. The number of hydrogen-bond donors (Lipinski definition) is 1. The van der Waals surface area contributed by atoms with Crippen LogP contribution in [0.3, 0.4) is 0 Å². The topological polar surface area (TPSA) is 74.0 Å². The molecule has 26 heavy (non-hydrogen) atoms. The average molecular weight is 387 g/mol. The molecule has 1 heterocycles. The molecule has 2 rings (SSSR count). The van der Waals surface area contributed by atoms with Gasteiger partial charge in [0.05, 0.1) is 19.8 Å². The molecule has 2 N–H and O–H groups in total. The Morgan fingerprint density at radius 3 is 2.15 bits per heavy atom. The Morgan fingerprint density at radius 1 is 1.08 bits per heavy atom. The number of carbonyl (C=O) groups excluding carboxylic acids is 1. The smallest absolute Gasteiger partial charge is 0.254 e. The molecule has 0 radical (unpaired) electrons. The van der Waals surface area contributed by atoms with Crippen molar-refractivity contribution in [2.45, 2.75) is 46.1 Å². The van der Waals surface area contributed by atoms with Crippen molar-refractivity contribution in [1.82, 2.24) is 4.90 Å². The predicted molar refractivity (Wildman–Crippen MR) is 105 cm³/mol. The molecule has 1 amide bonds. The third-order valence-electron chi connectivity index (χ3n) is 4.32. The molecule has 1 fully saturated rings. The van der Waals surface area contributed by atoms with E-state index in [0.29, 0.717) is 49.2 Å². The van der Waals surface area contributed by atoms with E-state index >= 15 is 0 Å². The number of amides is 1. The molecule has 1 aliphatic rings. The molecule has 148 valence electrons. The Morgan fingerprint density at radius 2 is 1.65 bits per heavy atom. The third-order valence-corrected chi connectivity index (χ3v) is 4.32. The summed E-state index contributed by atoms with van der Waals surface area (Å²) in [4.78, 5) is 14.9. The van der Waals surface area contributed by atoms with E-state index in [1.165, 1.54) is 0 Å². The van der Waals surface area contributed by atoms with Gasteiger partial charge >= 0.3 is 0 Å².